The van der Waals surface area contributed by atoms with E-state index in [1.807, 2.05) is 24.3 Å². The van der Waals surface area contributed by atoms with Crippen LogP contribution in [0.5, 0.6) is 5.75 Å². The number of benzene rings is 2. The van der Waals surface area contributed by atoms with Crippen molar-refractivity contribution in [1.29, 1.82) is 0 Å². The zero-order valence-corrected chi connectivity index (χ0v) is 15.1. The van der Waals surface area contributed by atoms with Crippen LogP contribution in [-0.2, 0) is 11.2 Å². The third-order valence-corrected chi connectivity index (χ3v) is 4.17. The van der Waals surface area contributed by atoms with Crippen LogP contribution in [0.25, 0.3) is 11.3 Å². The molecular formula is C19H16BrN3O2. The molecule has 126 valence electrons. The van der Waals surface area contributed by atoms with Gasteiger partial charge >= 0.3 is 0 Å². The smallest absolute Gasteiger partial charge is 0.229 e. The van der Waals surface area contributed by atoms with Crippen LogP contribution in [0, 0.1) is 6.92 Å². The summed E-state index contributed by atoms with van der Waals surface area (Å²) >= 11 is 3.37. The summed E-state index contributed by atoms with van der Waals surface area (Å²) < 4.78 is 0.975. The van der Waals surface area contributed by atoms with Crippen molar-refractivity contribution in [3.63, 3.8) is 0 Å². The van der Waals surface area contributed by atoms with Crippen LogP contribution in [0.2, 0.25) is 0 Å². The van der Waals surface area contributed by atoms with Crippen molar-refractivity contribution in [2.45, 2.75) is 13.3 Å². The van der Waals surface area contributed by atoms with Gasteiger partial charge in [-0.05, 0) is 48.9 Å². The van der Waals surface area contributed by atoms with Crippen molar-refractivity contribution in [1.82, 2.24) is 9.97 Å². The lowest BCUT2D eigenvalue weighted by Crippen LogP contribution is -2.16. The molecule has 0 radical (unpaired) electrons. The second-order valence-corrected chi connectivity index (χ2v) is 6.50. The zero-order chi connectivity index (χ0) is 17.8. The molecule has 0 atom stereocenters. The number of anilines is 1. The maximum Gasteiger partial charge on any atom is 0.229 e. The Balaban J connectivity index is 1.71. The number of aryl methyl sites for hydroxylation is 1. The fraction of sp³-hybridized carbons (Fsp3) is 0.105. The fourth-order valence-corrected chi connectivity index (χ4v) is 2.60. The molecule has 0 aliphatic heterocycles. The van der Waals surface area contributed by atoms with E-state index in [1.165, 1.54) is 0 Å². The highest BCUT2D eigenvalue weighted by atomic mass is 79.9. The van der Waals surface area contributed by atoms with Gasteiger partial charge in [0, 0.05) is 10.0 Å². The third-order valence-electron chi connectivity index (χ3n) is 3.65. The highest BCUT2D eigenvalue weighted by molar-refractivity contribution is 9.10. The zero-order valence-electron chi connectivity index (χ0n) is 13.5. The summed E-state index contributed by atoms with van der Waals surface area (Å²) in [6, 6.07) is 14.3. The average molecular weight is 398 g/mol. The Kier molecular flexibility index (Phi) is 5.09. The maximum atomic E-state index is 12.2. The molecule has 0 saturated heterocycles. The Morgan fingerprint density at radius 3 is 2.44 bits per heavy atom. The van der Waals surface area contributed by atoms with Crippen LogP contribution in [-0.4, -0.2) is 21.0 Å². The van der Waals surface area contributed by atoms with Crippen molar-refractivity contribution in [3.8, 4) is 17.0 Å². The first kappa shape index (κ1) is 17.1. The molecule has 3 rings (SSSR count). The van der Waals surface area contributed by atoms with Crippen molar-refractivity contribution in [3.05, 3.63) is 70.5 Å². The van der Waals surface area contributed by atoms with Crippen LogP contribution >= 0.6 is 15.9 Å². The van der Waals surface area contributed by atoms with Crippen LogP contribution in [0.15, 0.2) is 59.2 Å². The first-order chi connectivity index (χ1) is 12.0. The van der Waals surface area contributed by atoms with Gasteiger partial charge < -0.3 is 10.4 Å². The van der Waals surface area contributed by atoms with Gasteiger partial charge in [0.15, 0.2) is 5.82 Å². The van der Waals surface area contributed by atoms with Gasteiger partial charge in [0.2, 0.25) is 5.91 Å². The third kappa shape index (κ3) is 4.42. The predicted octanol–water partition coefficient (Wildman–Crippen LogP) is 4.10. The van der Waals surface area contributed by atoms with Gasteiger partial charge in [0.25, 0.3) is 0 Å². The minimum absolute atomic E-state index is 0.142. The maximum absolute atomic E-state index is 12.2. The topological polar surface area (TPSA) is 75.1 Å². The number of amides is 1. The lowest BCUT2D eigenvalue weighted by atomic mass is 10.1. The number of hydrogen-bond acceptors (Lipinski definition) is 4. The predicted molar refractivity (Wildman–Crippen MR) is 100 cm³/mol. The van der Waals surface area contributed by atoms with Crippen molar-refractivity contribution in [2.24, 2.45) is 0 Å². The van der Waals surface area contributed by atoms with Crippen molar-refractivity contribution in [2.75, 3.05) is 5.32 Å². The van der Waals surface area contributed by atoms with E-state index >= 15 is 0 Å². The molecule has 0 fully saturated rings. The summed E-state index contributed by atoms with van der Waals surface area (Å²) in [7, 11) is 0. The Hall–Kier alpha value is -2.73. The van der Waals surface area contributed by atoms with Gasteiger partial charge in [-0.3, -0.25) is 4.79 Å². The molecule has 0 unspecified atom stereocenters. The van der Waals surface area contributed by atoms with E-state index in [1.54, 1.807) is 37.4 Å². The number of halogens is 1. The Morgan fingerprint density at radius 2 is 1.80 bits per heavy atom. The van der Waals surface area contributed by atoms with E-state index < -0.39 is 0 Å². The lowest BCUT2D eigenvalue weighted by Gasteiger charge is -2.09. The van der Waals surface area contributed by atoms with Gasteiger partial charge in [-0.15, -0.1) is 0 Å². The molecule has 2 aromatic carbocycles. The number of aromatic hydroxyl groups is 1. The molecule has 5 nitrogen and oxygen atoms in total. The number of aromatic nitrogens is 2. The van der Waals surface area contributed by atoms with Crippen LogP contribution in [0.3, 0.4) is 0 Å². The first-order valence-electron chi connectivity index (χ1n) is 7.68. The van der Waals surface area contributed by atoms with Gasteiger partial charge in [0.1, 0.15) is 5.75 Å². The molecular weight excluding hydrogens is 382 g/mol. The number of carbonyl (C=O) groups is 1. The number of nitrogens with one attached hydrogen (secondary N) is 1. The summed E-state index contributed by atoms with van der Waals surface area (Å²) in [6.07, 6.45) is 1.88. The minimum atomic E-state index is -0.142. The molecule has 0 aliphatic carbocycles. The number of phenols is 1. The Bertz CT molecular complexity index is 894. The first-order valence-corrected chi connectivity index (χ1v) is 8.48. The Morgan fingerprint density at radius 1 is 1.12 bits per heavy atom. The standard InChI is InChI=1S/C19H16BrN3O2/c1-12-19(23-18(25)10-13-2-6-15(20)7-3-13)21-11-17(22-12)14-4-8-16(24)9-5-14/h2-9,11,24H,10H2,1H3,(H,21,23,25). The molecule has 1 heterocycles. The fourth-order valence-electron chi connectivity index (χ4n) is 2.34. The molecule has 6 heteroatoms. The molecule has 0 spiro atoms. The summed E-state index contributed by atoms with van der Waals surface area (Å²) in [5, 5.41) is 12.1. The quantitative estimate of drug-likeness (QED) is 0.694. The number of rotatable bonds is 4. The summed E-state index contributed by atoms with van der Waals surface area (Å²) in [4.78, 5) is 21.0. The number of phenolic OH excluding ortho intramolecular Hbond substituents is 1. The van der Waals surface area contributed by atoms with Crippen LogP contribution < -0.4 is 5.32 Å². The summed E-state index contributed by atoms with van der Waals surface area (Å²) in [5.74, 6) is 0.506. The van der Waals surface area contributed by atoms with Gasteiger partial charge in [0.05, 0.1) is 24.0 Å². The van der Waals surface area contributed by atoms with E-state index in [-0.39, 0.29) is 18.1 Å². The lowest BCUT2D eigenvalue weighted by molar-refractivity contribution is -0.115. The Labute approximate surface area is 153 Å². The molecule has 1 aromatic heterocycles. The largest absolute Gasteiger partial charge is 0.508 e. The normalized spacial score (nSPS) is 10.5. The van der Waals surface area contributed by atoms with Crippen LogP contribution in [0.1, 0.15) is 11.3 Å². The molecule has 0 bridgehead atoms. The van der Waals surface area contributed by atoms with Gasteiger partial charge in [-0.25, -0.2) is 9.97 Å². The van der Waals surface area contributed by atoms with E-state index in [2.05, 4.69) is 31.2 Å². The molecule has 1 amide bonds. The SMILES string of the molecule is Cc1nc(-c2ccc(O)cc2)cnc1NC(=O)Cc1ccc(Br)cc1. The average Bonchev–Trinajstić information content (AvgIpc) is 2.59. The number of carbonyl (C=O) groups excluding carboxylic acids is 1. The molecule has 0 saturated carbocycles. The molecule has 0 aliphatic rings. The van der Waals surface area contributed by atoms with Crippen LogP contribution in [0.4, 0.5) is 5.82 Å². The molecule has 2 N–H and O–H groups in total. The van der Waals surface area contributed by atoms with E-state index in [0.717, 1.165) is 15.6 Å². The van der Waals surface area contributed by atoms with E-state index in [9.17, 15) is 9.90 Å². The highest BCUT2D eigenvalue weighted by Crippen LogP contribution is 2.21. The minimum Gasteiger partial charge on any atom is -0.508 e. The highest BCUT2D eigenvalue weighted by Gasteiger charge is 2.10. The van der Waals surface area contributed by atoms with Gasteiger partial charge in [-0.2, -0.15) is 0 Å². The number of hydrogen-bond donors (Lipinski definition) is 2. The van der Waals surface area contributed by atoms with Gasteiger partial charge in [-0.1, -0.05) is 28.1 Å². The second-order valence-electron chi connectivity index (χ2n) is 5.59. The summed E-state index contributed by atoms with van der Waals surface area (Å²) in [6.45, 7) is 1.80. The summed E-state index contributed by atoms with van der Waals surface area (Å²) in [5.41, 5.74) is 3.09. The monoisotopic (exact) mass is 397 g/mol. The van der Waals surface area contributed by atoms with E-state index in [4.69, 9.17) is 0 Å². The number of nitrogens with zero attached hydrogens (tertiary/aromatic N) is 2. The molecule has 25 heavy (non-hydrogen) atoms. The molecule has 3 aromatic rings. The van der Waals surface area contributed by atoms with Crippen molar-refractivity contribution >= 4 is 27.7 Å². The van der Waals surface area contributed by atoms with Crippen molar-refractivity contribution < 1.29 is 9.90 Å². The second kappa shape index (κ2) is 7.44. The van der Waals surface area contributed by atoms with E-state index in [0.29, 0.717) is 17.2 Å².